The third-order valence-electron chi connectivity index (χ3n) is 2.94. The Labute approximate surface area is 118 Å². The van der Waals surface area contributed by atoms with Crippen molar-refractivity contribution in [3.8, 4) is 6.07 Å². The minimum Gasteiger partial charge on any atom is -0.204 e. The maximum absolute atomic E-state index is 13.2. The van der Waals surface area contributed by atoms with E-state index in [9.17, 15) is 14.0 Å². The maximum Gasteiger partial charge on any atom is 0.159 e. The van der Waals surface area contributed by atoms with E-state index in [1.807, 2.05) is 12.1 Å². The molecule has 0 saturated heterocycles. The number of aromatic nitrogens is 3. The molecular weight excluding hydrogens is 274 g/mol. The van der Waals surface area contributed by atoms with Crippen LogP contribution in [0.15, 0.2) is 42.5 Å². The molecule has 0 aliphatic carbocycles. The zero-order valence-corrected chi connectivity index (χ0v) is 10.7. The van der Waals surface area contributed by atoms with Gasteiger partial charge < -0.3 is 0 Å². The number of nitrogens with zero attached hydrogens (tertiary/aromatic N) is 4. The molecule has 102 valence electrons. The molecule has 0 amide bonds. The first-order chi connectivity index (χ1) is 10.2. The lowest BCUT2D eigenvalue weighted by atomic mass is 10.2. The second kappa shape index (κ2) is 5.13. The molecule has 0 unspecified atom stereocenters. The highest BCUT2D eigenvalue weighted by Crippen LogP contribution is 2.18. The summed E-state index contributed by atoms with van der Waals surface area (Å²) in [5, 5.41) is 17.1. The number of benzene rings is 2. The summed E-state index contributed by atoms with van der Waals surface area (Å²) < 4.78 is 27.5. The summed E-state index contributed by atoms with van der Waals surface area (Å²) in [6.07, 6.45) is 1.42. The highest BCUT2D eigenvalue weighted by Gasteiger charge is 2.09. The summed E-state index contributed by atoms with van der Waals surface area (Å²) >= 11 is 0. The quantitative estimate of drug-likeness (QED) is 0.678. The average Bonchev–Trinajstić information content (AvgIpc) is 2.92. The molecule has 3 aromatic rings. The molecule has 1 aromatic heterocycles. The van der Waals surface area contributed by atoms with Gasteiger partial charge in [-0.05, 0) is 35.9 Å². The third-order valence-corrected chi connectivity index (χ3v) is 2.94. The second-order valence-electron chi connectivity index (χ2n) is 4.30. The van der Waals surface area contributed by atoms with Crippen molar-refractivity contribution in [3.05, 3.63) is 59.7 Å². The molecule has 1 heterocycles. The predicted molar refractivity (Wildman–Crippen MR) is 73.7 cm³/mol. The number of nitriles is 1. The number of rotatable bonds is 2. The SMILES string of the molecule is N#C/C(=C\c1ccc(F)c(F)c1)n1nnc2ccccc21. The van der Waals surface area contributed by atoms with Crippen LogP contribution in [0, 0.1) is 23.0 Å². The van der Waals surface area contributed by atoms with Gasteiger partial charge in [0.15, 0.2) is 11.6 Å². The van der Waals surface area contributed by atoms with Crippen molar-refractivity contribution < 1.29 is 8.78 Å². The number of halogens is 2. The third kappa shape index (κ3) is 2.37. The first-order valence-electron chi connectivity index (χ1n) is 6.07. The van der Waals surface area contributed by atoms with Gasteiger partial charge in [0, 0.05) is 0 Å². The molecule has 4 nitrogen and oxygen atoms in total. The number of hydrogen-bond donors (Lipinski definition) is 0. The van der Waals surface area contributed by atoms with Gasteiger partial charge in [-0.1, -0.05) is 23.4 Å². The second-order valence-corrected chi connectivity index (χ2v) is 4.30. The highest BCUT2D eigenvalue weighted by molar-refractivity contribution is 5.86. The van der Waals surface area contributed by atoms with Gasteiger partial charge in [-0.2, -0.15) is 5.26 Å². The number of fused-ring (bicyclic) bond motifs is 1. The average molecular weight is 282 g/mol. The standard InChI is InChI=1S/C15H8F2N4/c16-12-6-5-10(8-13(12)17)7-11(9-18)21-15-4-2-1-3-14(15)19-20-21/h1-8H/b11-7+. The molecule has 21 heavy (non-hydrogen) atoms. The number of para-hydroxylation sites is 1. The van der Waals surface area contributed by atoms with Crippen LogP contribution >= 0.6 is 0 Å². The summed E-state index contributed by atoms with van der Waals surface area (Å²) in [4.78, 5) is 0. The fourth-order valence-corrected chi connectivity index (χ4v) is 1.95. The molecule has 0 fully saturated rings. The molecule has 6 heteroatoms. The lowest BCUT2D eigenvalue weighted by Crippen LogP contribution is -1.97. The monoisotopic (exact) mass is 282 g/mol. The van der Waals surface area contributed by atoms with Crippen molar-refractivity contribution in [2.45, 2.75) is 0 Å². The van der Waals surface area contributed by atoms with Gasteiger partial charge in [-0.3, -0.25) is 0 Å². The summed E-state index contributed by atoms with van der Waals surface area (Å²) in [6.45, 7) is 0. The van der Waals surface area contributed by atoms with E-state index in [0.29, 0.717) is 16.6 Å². The molecule has 0 radical (unpaired) electrons. The zero-order valence-electron chi connectivity index (χ0n) is 10.7. The largest absolute Gasteiger partial charge is 0.204 e. The summed E-state index contributed by atoms with van der Waals surface area (Å²) in [7, 11) is 0. The lowest BCUT2D eigenvalue weighted by molar-refractivity contribution is 0.508. The predicted octanol–water partition coefficient (Wildman–Crippen LogP) is 3.23. The van der Waals surface area contributed by atoms with Gasteiger partial charge in [0.05, 0.1) is 5.52 Å². The fourth-order valence-electron chi connectivity index (χ4n) is 1.95. The van der Waals surface area contributed by atoms with Crippen LogP contribution in [-0.2, 0) is 0 Å². The molecule has 0 aliphatic heterocycles. The van der Waals surface area contributed by atoms with Gasteiger partial charge in [0.2, 0.25) is 0 Å². The Morgan fingerprint density at radius 3 is 2.71 bits per heavy atom. The summed E-state index contributed by atoms with van der Waals surface area (Å²) in [6, 6.07) is 12.5. The fraction of sp³-hybridized carbons (Fsp3) is 0. The van der Waals surface area contributed by atoms with E-state index in [-0.39, 0.29) is 5.70 Å². The van der Waals surface area contributed by atoms with Crippen molar-refractivity contribution in [1.82, 2.24) is 15.0 Å². The first-order valence-corrected chi connectivity index (χ1v) is 6.07. The van der Waals surface area contributed by atoms with Crippen LogP contribution in [0.4, 0.5) is 8.78 Å². The molecule has 0 aliphatic rings. The Morgan fingerprint density at radius 1 is 1.14 bits per heavy atom. The Balaban J connectivity index is 2.11. The van der Waals surface area contributed by atoms with Gasteiger partial charge in [-0.25, -0.2) is 13.5 Å². The summed E-state index contributed by atoms with van der Waals surface area (Å²) in [5.41, 5.74) is 1.83. The normalized spacial score (nSPS) is 11.6. The topological polar surface area (TPSA) is 54.5 Å². The van der Waals surface area contributed by atoms with Gasteiger partial charge >= 0.3 is 0 Å². The lowest BCUT2D eigenvalue weighted by Gasteiger charge is -2.01. The van der Waals surface area contributed by atoms with Crippen molar-refractivity contribution >= 4 is 22.8 Å². The van der Waals surface area contributed by atoms with Crippen molar-refractivity contribution in [2.75, 3.05) is 0 Å². The van der Waals surface area contributed by atoms with E-state index in [1.54, 1.807) is 18.2 Å². The Bertz CT molecular complexity index is 890. The minimum absolute atomic E-state index is 0.162. The Kier molecular flexibility index (Phi) is 3.16. The van der Waals surface area contributed by atoms with Gasteiger partial charge in [0.25, 0.3) is 0 Å². The van der Waals surface area contributed by atoms with Gasteiger partial charge in [0.1, 0.15) is 17.3 Å². The molecule has 3 rings (SSSR count). The van der Waals surface area contributed by atoms with Crippen LogP contribution in [0.25, 0.3) is 22.8 Å². The van der Waals surface area contributed by atoms with E-state index in [0.717, 1.165) is 12.1 Å². The van der Waals surface area contributed by atoms with Crippen LogP contribution < -0.4 is 0 Å². The smallest absolute Gasteiger partial charge is 0.159 e. The maximum atomic E-state index is 13.2. The molecule has 0 spiro atoms. The van der Waals surface area contributed by atoms with E-state index < -0.39 is 11.6 Å². The highest BCUT2D eigenvalue weighted by atomic mass is 19.2. The van der Waals surface area contributed by atoms with Crippen molar-refractivity contribution in [1.29, 1.82) is 5.26 Å². The van der Waals surface area contributed by atoms with Crippen LogP contribution in [0.1, 0.15) is 5.56 Å². The van der Waals surface area contributed by atoms with Crippen molar-refractivity contribution in [3.63, 3.8) is 0 Å². The molecule has 0 saturated carbocycles. The van der Waals surface area contributed by atoms with Crippen LogP contribution in [0.3, 0.4) is 0 Å². The first kappa shape index (κ1) is 12.9. The van der Waals surface area contributed by atoms with Crippen LogP contribution in [-0.4, -0.2) is 15.0 Å². The molecule has 0 N–H and O–H groups in total. The van der Waals surface area contributed by atoms with E-state index >= 15 is 0 Å². The van der Waals surface area contributed by atoms with E-state index in [4.69, 9.17) is 0 Å². The van der Waals surface area contributed by atoms with Crippen LogP contribution in [0.5, 0.6) is 0 Å². The zero-order chi connectivity index (χ0) is 14.8. The van der Waals surface area contributed by atoms with Crippen LogP contribution in [0.2, 0.25) is 0 Å². The Morgan fingerprint density at radius 2 is 1.95 bits per heavy atom. The van der Waals surface area contributed by atoms with Crippen molar-refractivity contribution in [2.24, 2.45) is 0 Å². The summed E-state index contributed by atoms with van der Waals surface area (Å²) in [5.74, 6) is -1.90. The van der Waals surface area contributed by atoms with Gasteiger partial charge in [-0.15, -0.1) is 5.10 Å². The van der Waals surface area contributed by atoms with E-state index in [2.05, 4.69) is 10.3 Å². The van der Waals surface area contributed by atoms with E-state index in [1.165, 1.54) is 16.8 Å². The molecule has 0 bridgehead atoms. The minimum atomic E-state index is -0.968. The number of hydrogen-bond acceptors (Lipinski definition) is 3. The molecule has 2 aromatic carbocycles. The molecular formula is C15H8F2N4. The Hall–Kier alpha value is -3.07. The molecule has 0 atom stereocenters. The number of allylic oxidation sites excluding steroid dienone is 1.